The zero-order valence-corrected chi connectivity index (χ0v) is 15.2. The largest absolute Gasteiger partial charge is 0.480 e. The van der Waals surface area contributed by atoms with Gasteiger partial charge in [0.25, 0.3) is 0 Å². The fraction of sp³-hybridized carbons (Fsp3) is 0.429. The summed E-state index contributed by atoms with van der Waals surface area (Å²) >= 11 is 6.11. The zero-order chi connectivity index (χ0) is 17.9. The van der Waals surface area contributed by atoms with Crippen LogP contribution in [0.4, 0.5) is 0 Å². The first-order chi connectivity index (χ1) is 10.7. The fourth-order valence-electron chi connectivity index (χ4n) is 1.52. The molecule has 0 aliphatic carbocycles. The first kappa shape index (κ1) is 21.9. The molecule has 1 aromatic rings. The number of carboxylic acids is 1. The van der Waals surface area contributed by atoms with Crippen molar-refractivity contribution in [3.63, 3.8) is 0 Å². The predicted octanol–water partition coefficient (Wildman–Crippen LogP) is 2.08. The van der Waals surface area contributed by atoms with Gasteiger partial charge in [0.15, 0.2) is 0 Å². The average molecular weight is 382 g/mol. The van der Waals surface area contributed by atoms with Crippen LogP contribution in [0.5, 0.6) is 0 Å². The summed E-state index contributed by atoms with van der Waals surface area (Å²) in [6.45, 7) is 1.29. The lowest BCUT2D eigenvalue weighted by Gasteiger charge is -2.14. The van der Waals surface area contributed by atoms with Gasteiger partial charge in [-0.15, -0.1) is 0 Å². The Hall–Kier alpha value is -1.09. The molecule has 0 aliphatic rings. The van der Waals surface area contributed by atoms with Gasteiger partial charge >= 0.3 is 5.97 Å². The van der Waals surface area contributed by atoms with Crippen LogP contribution in [-0.2, 0) is 25.4 Å². The topological polar surface area (TPSA) is 101 Å². The van der Waals surface area contributed by atoms with Gasteiger partial charge in [-0.3, -0.25) is 9.59 Å². The van der Waals surface area contributed by atoms with E-state index in [0.717, 1.165) is 0 Å². The Balaban J connectivity index is 0.00000108. The van der Waals surface area contributed by atoms with Crippen LogP contribution in [-0.4, -0.2) is 42.8 Å². The number of benzene rings is 1. The summed E-state index contributed by atoms with van der Waals surface area (Å²) < 4.78 is 26.0. The van der Waals surface area contributed by atoms with Crippen molar-refractivity contribution in [2.45, 2.75) is 25.1 Å². The molecule has 0 radical (unpaired) electrons. The molecule has 1 atom stereocenters. The third-order valence-electron chi connectivity index (χ3n) is 2.43. The molecular weight excluding hydrogens is 362 g/mol. The highest BCUT2D eigenvalue weighted by molar-refractivity contribution is 7.98. The van der Waals surface area contributed by atoms with Crippen LogP contribution in [0.3, 0.4) is 0 Å². The molecule has 0 amide bonds. The number of carboxylic acid groups (broad SMARTS) is 1. The molecular formula is C14H20ClNO5S2. The molecule has 2 N–H and O–H groups in total. The maximum Gasteiger partial charge on any atom is 0.321 e. The Kier molecular flexibility index (Phi) is 10.9. The first-order valence-corrected chi connectivity index (χ1v) is 10.0. The van der Waals surface area contributed by atoms with E-state index in [4.69, 9.17) is 5.11 Å². The van der Waals surface area contributed by atoms with Gasteiger partial charge in [-0.05, 0) is 35.6 Å². The lowest BCUT2D eigenvalue weighted by atomic mass is 10.2. The summed E-state index contributed by atoms with van der Waals surface area (Å²) in [6.07, 6.45) is 2.11. The first-order valence-electron chi connectivity index (χ1n) is 6.59. The molecule has 1 unspecified atom stereocenters. The van der Waals surface area contributed by atoms with Gasteiger partial charge in [0, 0.05) is 6.92 Å². The van der Waals surface area contributed by atoms with Crippen LogP contribution in [0.2, 0.25) is 0 Å². The number of hydrogen-bond acceptors (Lipinski definition) is 5. The van der Waals surface area contributed by atoms with E-state index in [1.54, 1.807) is 30.3 Å². The molecule has 0 saturated carbocycles. The van der Waals surface area contributed by atoms with E-state index in [0.29, 0.717) is 11.3 Å². The Bertz CT molecular complexity index is 588. The molecule has 6 nitrogen and oxygen atoms in total. The Morgan fingerprint density at radius 1 is 1.30 bits per heavy atom. The van der Waals surface area contributed by atoms with Crippen molar-refractivity contribution in [1.29, 1.82) is 0 Å². The average Bonchev–Trinajstić information content (AvgIpc) is 2.43. The van der Waals surface area contributed by atoms with Crippen molar-refractivity contribution in [3.8, 4) is 0 Å². The third kappa shape index (κ3) is 12.1. The molecule has 9 heteroatoms. The predicted molar refractivity (Wildman–Crippen MR) is 93.2 cm³/mol. The van der Waals surface area contributed by atoms with Crippen LogP contribution in [0.15, 0.2) is 30.3 Å². The highest BCUT2D eigenvalue weighted by atomic mass is 35.5. The lowest BCUT2D eigenvalue weighted by molar-refractivity contribution is -0.139. The third-order valence-corrected chi connectivity index (χ3v) is 4.43. The van der Waals surface area contributed by atoms with Crippen molar-refractivity contribution in [2.24, 2.45) is 0 Å². The van der Waals surface area contributed by atoms with E-state index < -0.39 is 22.0 Å². The summed E-state index contributed by atoms with van der Waals surface area (Å²) in [5.41, 5.74) is 0.629. The molecule has 130 valence electrons. The van der Waals surface area contributed by atoms with E-state index in [1.807, 2.05) is 6.26 Å². The molecule has 23 heavy (non-hydrogen) atoms. The molecule has 0 aliphatic heterocycles. The fourth-order valence-corrected chi connectivity index (χ4v) is 3.36. The number of sulfonamides is 1. The second-order valence-corrected chi connectivity index (χ2v) is 7.78. The van der Waals surface area contributed by atoms with Crippen LogP contribution in [0, 0.1) is 0 Å². The van der Waals surface area contributed by atoms with Crippen molar-refractivity contribution in [3.05, 3.63) is 35.9 Å². The van der Waals surface area contributed by atoms with E-state index >= 15 is 0 Å². The monoisotopic (exact) mass is 381 g/mol. The Morgan fingerprint density at radius 2 is 1.83 bits per heavy atom. The molecule has 0 bridgehead atoms. The van der Waals surface area contributed by atoms with Crippen LogP contribution in [0.1, 0.15) is 18.9 Å². The molecule has 1 aromatic carbocycles. The second-order valence-electron chi connectivity index (χ2n) is 4.51. The summed E-state index contributed by atoms with van der Waals surface area (Å²) in [7, 11) is -3.65. The minimum absolute atomic E-state index is 0.211. The van der Waals surface area contributed by atoms with Crippen LogP contribution < -0.4 is 4.72 Å². The minimum Gasteiger partial charge on any atom is -0.480 e. The van der Waals surface area contributed by atoms with E-state index in [9.17, 15) is 18.0 Å². The Morgan fingerprint density at radius 3 is 2.26 bits per heavy atom. The van der Waals surface area contributed by atoms with Gasteiger partial charge in [0.05, 0.1) is 5.75 Å². The SMILES string of the molecule is CC(=O)Cl.CSCCC(NS(=O)(=O)Cc1ccccc1)C(=O)O. The van der Waals surface area contributed by atoms with Crippen molar-refractivity contribution < 1.29 is 23.1 Å². The number of halogens is 1. The number of hydrogen-bond donors (Lipinski definition) is 2. The van der Waals surface area contributed by atoms with Crippen LogP contribution >= 0.6 is 23.4 Å². The van der Waals surface area contributed by atoms with Crippen molar-refractivity contribution in [1.82, 2.24) is 4.72 Å². The number of carbonyl (C=O) groups is 2. The smallest absolute Gasteiger partial charge is 0.321 e. The van der Waals surface area contributed by atoms with Gasteiger partial charge in [-0.25, -0.2) is 13.1 Å². The zero-order valence-electron chi connectivity index (χ0n) is 12.9. The summed E-state index contributed by atoms with van der Waals surface area (Å²) in [4.78, 5) is 20.2. The Labute approximate surface area is 145 Å². The van der Waals surface area contributed by atoms with Crippen molar-refractivity contribution in [2.75, 3.05) is 12.0 Å². The van der Waals surface area contributed by atoms with Crippen LogP contribution in [0.25, 0.3) is 0 Å². The van der Waals surface area contributed by atoms with Gasteiger partial charge in [0.1, 0.15) is 6.04 Å². The molecule has 0 saturated heterocycles. The van der Waals surface area contributed by atoms with Gasteiger partial charge in [-0.2, -0.15) is 11.8 Å². The van der Waals surface area contributed by atoms with E-state index in [-0.39, 0.29) is 17.4 Å². The van der Waals surface area contributed by atoms with Crippen molar-refractivity contribution >= 4 is 44.6 Å². The number of thioether (sulfide) groups is 1. The molecule has 1 rings (SSSR count). The lowest BCUT2D eigenvalue weighted by Crippen LogP contribution is -2.41. The molecule has 0 spiro atoms. The molecule has 0 aromatic heterocycles. The summed E-state index contributed by atoms with van der Waals surface area (Å²) in [5.74, 6) is -0.771. The maximum atomic E-state index is 11.9. The van der Waals surface area contributed by atoms with Gasteiger partial charge in [-0.1, -0.05) is 30.3 Å². The quantitative estimate of drug-likeness (QED) is 0.668. The normalized spacial score (nSPS) is 12.0. The summed E-state index contributed by atoms with van der Waals surface area (Å²) in [5, 5.41) is 8.63. The van der Waals surface area contributed by atoms with E-state index in [1.165, 1.54) is 18.7 Å². The summed E-state index contributed by atoms with van der Waals surface area (Å²) in [6, 6.07) is 7.59. The minimum atomic E-state index is -3.65. The van der Waals surface area contributed by atoms with Gasteiger partial charge < -0.3 is 5.11 Å². The van der Waals surface area contributed by atoms with E-state index in [2.05, 4.69) is 16.3 Å². The standard InChI is InChI=1S/C12H17NO4S2.C2H3ClO/c1-18-8-7-11(12(14)15)13-19(16,17)9-10-5-3-2-4-6-10;1-2(3)4/h2-6,11,13H,7-9H2,1H3,(H,14,15);1H3. The molecule has 0 heterocycles. The number of aliphatic carboxylic acids is 1. The number of rotatable bonds is 8. The highest BCUT2D eigenvalue weighted by Crippen LogP contribution is 2.07. The highest BCUT2D eigenvalue weighted by Gasteiger charge is 2.23. The van der Waals surface area contributed by atoms with Gasteiger partial charge in [0.2, 0.25) is 15.3 Å². The molecule has 0 fully saturated rings. The number of carbonyl (C=O) groups excluding carboxylic acids is 1. The maximum absolute atomic E-state index is 11.9. The number of nitrogens with one attached hydrogen (secondary N) is 1. The second kappa shape index (κ2) is 11.4.